The normalized spacial score (nSPS) is 11.9. The maximum atomic E-state index is 11.7. The number of carbonyl (C=O) groups is 1. The van der Waals surface area contributed by atoms with E-state index in [0.717, 1.165) is 23.6 Å². The Balaban J connectivity index is 2.35. The lowest BCUT2D eigenvalue weighted by molar-refractivity contribution is -0.113. The molecule has 4 nitrogen and oxygen atoms in total. The standard InChI is InChI=1S/C13H20N2O2S/c1-3-10(14)8-18-9-13(16)15-11-5-4-6-12(7-11)17-2/h4-7,10H,3,8-9,14H2,1-2H3,(H,15,16). The Morgan fingerprint density at radius 3 is 3.00 bits per heavy atom. The van der Waals surface area contributed by atoms with E-state index in [2.05, 4.69) is 5.32 Å². The lowest BCUT2D eigenvalue weighted by Crippen LogP contribution is -2.23. The highest BCUT2D eigenvalue weighted by Crippen LogP contribution is 2.17. The van der Waals surface area contributed by atoms with Crippen molar-refractivity contribution in [2.24, 2.45) is 5.73 Å². The Morgan fingerprint density at radius 2 is 2.33 bits per heavy atom. The van der Waals surface area contributed by atoms with E-state index in [1.807, 2.05) is 25.1 Å². The fraction of sp³-hybridized carbons (Fsp3) is 0.462. The van der Waals surface area contributed by atoms with Gasteiger partial charge in [-0.1, -0.05) is 13.0 Å². The van der Waals surface area contributed by atoms with E-state index in [0.29, 0.717) is 5.75 Å². The minimum atomic E-state index is -0.0171. The van der Waals surface area contributed by atoms with E-state index < -0.39 is 0 Å². The first kappa shape index (κ1) is 14.9. The van der Waals surface area contributed by atoms with Gasteiger partial charge in [-0.3, -0.25) is 4.79 Å². The second kappa shape index (κ2) is 8.00. The summed E-state index contributed by atoms with van der Waals surface area (Å²) in [7, 11) is 1.60. The summed E-state index contributed by atoms with van der Waals surface area (Å²) >= 11 is 1.55. The number of nitrogens with one attached hydrogen (secondary N) is 1. The van der Waals surface area contributed by atoms with Crippen LogP contribution < -0.4 is 15.8 Å². The number of amides is 1. The molecule has 0 saturated heterocycles. The predicted octanol–water partition coefficient (Wildman–Crippen LogP) is 2.10. The van der Waals surface area contributed by atoms with Gasteiger partial charge >= 0.3 is 0 Å². The molecule has 1 unspecified atom stereocenters. The van der Waals surface area contributed by atoms with Crippen LogP contribution in [0, 0.1) is 0 Å². The van der Waals surface area contributed by atoms with Crippen LogP contribution in [0.4, 0.5) is 5.69 Å². The van der Waals surface area contributed by atoms with Gasteiger partial charge < -0.3 is 15.8 Å². The van der Waals surface area contributed by atoms with Crippen molar-refractivity contribution in [1.82, 2.24) is 0 Å². The Labute approximate surface area is 112 Å². The van der Waals surface area contributed by atoms with Crippen LogP contribution in [0.25, 0.3) is 0 Å². The van der Waals surface area contributed by atoms with E-state index in [-0.39, 0.29) is 11.9 Å². The number of rotatable bonds is 7. The minimum absolute atomic E-state index is 0.0171. The molecule has 18 heavy (non-hydrogen) atoms. The van der Waals surface area contributed by atoms with Crippen LogP contribution in [0.3, 0.4) is 0 Å². The summed E-state index contributed by atoms with van der Waals surface area (Å²) in [6.07, 6.45) is 0.935. The molecule has 1 atom stereocenters. The van der Waals surface area contributed by atoms with Crippen LogP contribution in [0.2, 0.25) is 0 Å². The maximum Gasteiger partial charge on any atom is 0.234 e. The van der Waals surface area contributed by atoms with Crippen molar-refractivity contribution in [2.75, 3.05) is 23.9 Å². The lowest BCUT2D eigenvalue weighted by Gasteiger charge is -2.09. The predicted molar refractivity (Wildman–Crippen MR) is 77.2 cm³/mol. The average Bonchev–Trinajstić information content (AvgIpc) is 2.38. The number of ether oxygens (including phenoxy) is 1. The number of thioether (sulfide) groups is 1. The monoisotopic (exact) mass is 268 g/mol. The molecule has 0 spiro atoms. The Hall–Kier alpha value is -1.20. The second-order valence-corrected chi connectivity index (χ2v) is 4.99. The first-order valence-electron chi connectivity index (χ1n) is 5.93. The van der Waals surface area contributed by atoms with Gasteiger partial charge in [-0.25, -0.2) is 0 Å². The maximum absolute atomic E-state index is 11.7. The van der Waals surface area contributed by atoms with Gasteiger partial charge in [0.2, 0.25) is 5.91 Å². The summed E-state index contributed by atoms with van der Waals surface area (Å²) in [4.78, 5) is 11.7. The number of methoxy groups -OCH3 is 1. The Morgan fingerprint density at radius 1 is 1.56 bits per heavy atom. The molecule has 1 rings (SSSR count). The van der Waals surface area contributed by atoms with Gasteiger partial charge in [-0.05, 0) is 18.6 Å². The van der Waals surface area contributed by atoms with Crippen molar-refractivity contribution < 1.29 is 9.53 Å². The van der Waals surface area contributed by atoms with Crippen molar-refractivity contribution >= 4 is 23.4 Å². The average molecular weight is 268 g/mol. The van der Waals surface area contributed by atoms with Crippen LogP contribution in [-0.2, 0) is 4.79 Å². The Kier molecular flexibility index (Phi) is 6.60. The zero-order valence-electron chi connectivity index (χ0n) is 10.8. The van der Waals surface area contributed by atoms with Crippen LogP contribution in [0.1, 0.15) is 13.3 Å². The molecule has 100 valence electrons. The van der Waals surface area contributed by atoms with Crippen molar-refractivity contribution in [1.29, 1.82) is 0 Å². The molecule has 0 aromatic heterocycles. The highest BCUT2D eigenvalue weighted by atomic mass is 32.2. The molecule has 0 fully saturated rings. The van der Waals surface area contributed by atoms with Gasteiger partial charge in [0.15, 0.2) is 0 Å². The van der Waals surface area contributed by atoms with Gasteiger partial charge in [0.25, 0.3) is 0 Å². The number of hydrogen-bond donors (Lipinski definition) is 2. The third-order valence-electron chi connectivity index (χ3n) is 2.44. The van der Waals surface area contributed by atoms with Crippen LogP contribution in [0.5, 0.6) is 5.75 Å². The van der Waals surface area contributed by atoms with E-state index >= 15 is 0 Å². The molecule has 1 aromatic rings. The zero-order valence-corrected chi connectivity index (χ0v) is 11.6. The van der Waals surface area contributed by atoms with Crippen molar-refractivity contribution in [3.05, 3.63) is 24.3 Å². The molecule has 0 heterocycles. The molecule has 0 aliphatic carbocycles. The second-order valence-electron chi connectivity index (χ2n) is 3.96. The topological polar surface area (TPSA) is 64.4 Å². The van der Waals surface area contributed by atoms with E-state index in [4.69, 9.17) is 10.5 Å². The molecule has 3 N–H and O–H groups in total. The zero-order chi connectivity index (χ0) is 13.4. The molecule has 0 bridgehead atoms. The number of benzene rings is 1. The molecule has 0 saturated carbocycles. The lowest BCUT2D eigenvalue weighted by atomic mass is 10.3. The summed E-state index contributed by atoms with van der Waals surface area (Å²) in [6.45, 7) is 2.04. The van der Waals surface area contributed by atoms with Crippen molar-refractivity contribution in [3.8, 4) is 5.75 Å². The first-order valence-corrected chi connectivity index (χ1v) is 7.08. The highest BCUT2D eigenvalue weighted by molar-refractivity contribution is 8.00. The van der Waals surface area contributed by atoms with Gasteiger partial charge in [-0.15, -0.1) is 0 Å². The minimum Gasteiger partial charge on any atom is -0.497 e. The fourth-order valence-electron chi connectivity index (χ4n) is 1.32. The summed E-state index contributed by atoms with van der Waals surface area (Å²) in [6, 6.07) is 7.47. The van der Waals surface area contributed by atoms with E-state index in [1.54, 1.807) is 24.9 Å². The molecule has 1 amide bonds. The van der Waals surface area contributed by atoms with Crippen LogP contribution in [0.15, 0.2) is 24.3 Å². The Bertz CT molecular complexity index is 385. The molecule has 0 aliphatic heterocycles. The number of carbonyl (C=O) groups excluding carboxylic acids is 1. The van der Waals surface area contributed by atoms with Gasteiger partial charge in [0, 0.05) is 23.5 Å². The SMILES string of the molecule is CCC(N)CSCC(=O)Nc1cccc(OC)c1. The molecular weight excluding hydrogens is 248 g/mol. The molecule has 0 radical (unpaired) electrons. The number of anilines is 1. The van der Waals surface area contributed by atoms with Crippen molar-refractivity contribution in [3.63, 3.8) is 0 Å². The van der Waals surface area contributed by atoms with E-state index in [9.17, 15) is 4.79 Å². The number of nitrogens with two attached hydrogens (primary N) is 1. The summed E-state index contributed by atoms with van der Waals surface area (Å²) in [5.41, 5.74) is 6.53. The van der Waals surface area contributed by atoms with Gasteiger partial charge in [0.1, 0.15) is 5.75 Å². The van der Waals surface area contributed by atoms with E-state index in [1.165, 1.54) is 0 Å². The molecular formula is C13H20N2O2S. The highest BCUT2D eigenvalue weighted by Gasteiger charge is 2.05. The van der Waals surface area contributed by atoms with Gasteiger partial charge in [-0.2, -0.15) is 11.8 Å². The summed E-state index contributed by atoms with van der Waals surface area (Å²) in [5.74, 6) is 1.94. The number of hydrogen-bond acceptors (Lipinski definition) is 4. The van der Waals surface area contributed by atoms with Crippen molar-refractivity contribution in [2.45, 2.75) is 19.4 Å². The molecule has 0 aliphatic rings. The third-order valence-corrected chi connectivity index (χ3v) is 3.57. The van der Waals surface area contributed by atoms with Crippen LogP contribution in [-0.4, -0.2) is 30.6 Å². The molecule has 5 heteroatoms. The van der Waals surface area contributed by atoms with Gasteiger partial charge in [0.05, 0.1) is 12.9 Å². The quantitative estimate of drug-likeness (QED) is 0.795. The smallest absolute Gasteiger partial charge is 0.234 e. The first-order chi connectivity index (χ1) is 8.65. The molecule has 1 aromatic carbocycles. The van der Waals surface area contributed by atoms with Crippen LogP contribution >= 0.6 is 11.8 Å². The third kappa shape index (κ3) is 5.42. The fourth-order valence-corrected chi connectivity index (χ4v) is 2.23. The summed E-state index contributed by atoms with van der Waals surface area (Å²) in [5, 5.41) is 2.83. The summed E-state index contributed by atoms with van der Waals surface area (Å²) < 4.78 is 5.09. The largest absolute Gasteiger partial charge is 0.497 e.